The molecule has 3 aliphatic heterocycles. The van der Waals surface area contributed by atoms with Gasteiger partial charge < -0.3 is 14.7 Å². The van der Waals surface area contributed by atoms with Crippen LogP contribution in [-0.2, 0) is 21.5 Å². The first-order valence-electron chi connectivity index (χ1n) is 13.9. The van der Waals surface area contributed by atoms with Crippen molar-refractivity contribution in [1.29, 1.82) is 0 Å². The molecule has 1 aromatic rings. The van der Waals surface area contributed by atoms with Crippen LogP contribution in [0.25, 0.3) is 0 Å². The van der Waals surface area contributed by atoms with E-state index in [2.05, 4.69) is 47.9 Å². The minimum Gasteiger partial charge on any atom is -0.341 e. The Morgan fingerprint density at radius 3 is 2.32 bits per heavy atom. The zero-order valence-corrected chi connectivity index (χ0v) is 21.3. The van der Waals surface area contributed by atoms with Gasteiger partial charge in [-0.2, -0.15) is 0 Å². The Balaban J connectivity index is 1.27. The van der Waals surface area contributed by atoms with Crippen molar-refractivity contribution in [1.82, 2.24) is 14.7 Å². The second kappa shape index (κ2) is 10.0. The highest BCUT2D eigenvalue weighted by atomic mass is 16.2. The van der Waals surface area contributed by atoms with Gasteiger partial charge in [0.15, 0.2) is 0 Å². The van der Waals surface area contributed by atoms with Gasteiger partial charge in [-0.25, -0.2) is 0 Å². The second-order valence-electron chi connectivity index (χ2n) is 11.7. The summed E-state index contributed by atoms with van der Waals surface area (Å²) in [6.07, 6.45) is 9.94. The largest absolute Gasteiger partial charge is 0.341 e. The average molecular weight is 466 g/mol. The summed E-state index contributed by atoms with van der Waals surface area (Å²) in [6, 6.07) is 9.33. The first-order chi connectivity index (χ1) is 16.5. The maximum atomic E-state index is 14.0. The SMILES string of the molecule is CC(C)C1CCC(N2CCC3(CC2)C(=O)N(CCN2CCCCC2=O)Cc2ccccc23)CC1. The average Bonchev–Trinajstić information content (AvgIpc) is 2.87. The molecule has 4 aliphatic rings. The van der Waals surface area contributed by atoms with Crippen molar-refractivity contribution in [2.75, 3.05) is 32.7 Å². The van der Waals surface area contributed by atoms with Gasteiger partial charge in [0.05, 0.1) is 5.41 Å². The molecule has 0 unspecified atom stereocenters. The van der Waals surface area contributed by atoms with Gasteiger partial charge in [0, 0.05) is 38.6 Å². The van der Waals surface area contributed by atoms with E-state index in [1.165, 1.54) is 36.8 Å². The molecule has 2 saturated heterocycles. The molecule has 1 aromatic carbocycles. The van der Waals surface area contributed by atoms with Gasteiger partial charge in [-0.3, -0.25) is 9.59 Å². The number of carbonyl (C=O) groups is 2. The van der Waals surface area contributed by atoms with E-state index >= 15 is 0 Å². The van der Waals surface area contributed by atoms with Crippen molar-refractivity contribution >= 4 is 11.8 Å². The summed E-state index contributed by atoms with van der Waals surface area (Å²) in [5.74, 6) is 2.25. The molecule has 1 spiro atoms. The molecule has 5 rings (SSSR count). The Morgan fingerprint density at radius 1 is 0.912 bits per heavy atom. The smallest absolute Gasteiger partial charge is 0.233 e. The molecule has 2 amide bonds. The van der Waals surface area contributed by atoms with Gasteiger partial charge >= 0.3 is 0 Å². The number of carbonyl (C=O) groups excluding carboxylic acids is 2. The maximum Gasteiger partial charge on any atom is 0.233 e. The summed E-state index contributed by atoms with van der Waals surface area (Å²) in [5, 5.41) is 0. The molecule has 3 heterocycles. The molecule has 0 bridgehead atoms. The van der Waals surface area contributed by atoms with Crippen molar-refractivity contribution in [3.8, 4) is 0 Å². The van der Waals surface area contributed by atoms with E-state index in [4.69, 9.17) is 0 Å². The first kappa shape index (κ1) is 23.8. The summed E-state index contributed by atoms with van der Waals surface area (Å²) >= 11 is 0. The number of amides is 2. The number of piperidine rings is 2. The van der Waals surface area contributed by atoms with Crippen LogP contribution in [0, 0.1) is 11.8 Å². The predicted octanol–water partition coefficient (Wildman–Crippen LogP) is 4.59. The molecular formula is C29H43N3O2. The Labute approximate surface area is 205 Å². The lowest BCUT2D eigenvalue weighted by atomic mass is 9.67. The van der Waals surface area contributed by atoms with E-state index in [-0.39, 0.29) is 11.3 Å². The van der Waals surface area contributed by atoms with Crippen molar-refractivity contribution < 1.29 is 9.59 Å². The number of benzene rings is 1. The van der Waals surface area contributed by atoms with Gasteiger partial charge in [0.25, 0.3) is 0 Å². The van der Waals surface area contributed by atoms with Crippen LogP contribution in [0.1, 0.15) is 82.8 Å². The van der Waals surface area contributed by atoms with Crippen LogP contribution in [0.3, 0.4) is 0 Å². The highest BCUT2D eigenvalue weighted by Crippen LogP contribution is 2.44. The van der Waals surface area contributed by atoms with E-state index in [0.29, 0.717) is 38.0 Å². The molecule has 1 saturated carbocycles. The summed E-state index contributed by atoms with van der Waals surface area (Å²) in [4.78, 5) is 33.1. The number of rotatable bonds is 5. The minimum atomic E-state index is -0.383. The molecule has 5 heteroatoms. The van der Waals surface area contributed by atoms with Crippen molar-refractivity contribution in [2.45, 2.75) is 89.6 Å². The third kappa shape index (κ3) is 4.53. The van der Waals surface area contributed by atoms with E-state index in [9.17, 15) is 9.59 Å². The fraction of sp³-hybridized carbons (Fsp3) is 0.724. The zero-order chi connectivity index (χ0) is 23.7. The summed E-state index contributed by atoms with van der Waals surface area (Å²) in [6.45, 7) is 9.64. The van der Waals surface area contributed by atoms with E-state index in [1.54, 1.807) is 0 Å². The van der Waals surface area contributed by atoms with Crippen LogP contribution in [0.5, 0.6) is 0 Å². The highest BCUT2D eigenvalue weighted by molar-refractivity contribution is 5.90. The highest BCUT2D eigenvalue weighted by Gasteiger charge is 2.49. The quantitative estimate of drug-likeness (QED) is 0.639. The molecule has 5 nitrogen and oxygen atoms in total. The van der Waals surface area contributed by atoms with Crippen LogP contribution < -0.4 is 0 Å². The second-order valence-corrected chi connectivity index (χ2v) is 11.7. The Morgan fingerprint density at radius 2 is 1.62 bits per heavy atom. The number of likely N-dealkylation sites (tertiary alicyclic amines) is 2. The Bertz CT molecular complexity index is 881. The minimum absolute atomic E-state index is 0.256. The standard InChI is InChI=1S/C29H43N3O2/c1-22(2)23-10-12-25(13-11-23)30-17-14-29(15-18-30)26-8-4-3-7-24(26)21-32(28(29)34)20-19-31-16-6-5-9-27(31)33/h3-4,7-8,22-23,25H,5-6,9-21H2,1-2H3. The Kier molecular flexibility index (Phi) is 7.02. The van der Waals surface area contributed by atoms with E-state index < -0.39 is 0 Å². The zero-order valence-electron chi connectivity index (χ0n) is 21.3. The monoisotopic (exact) mass is 465 g/mol. The number of hydrogen-bond acceptors (Lipinski definition) is 3. The molecule has 0 N–H and O–H groups in total. The van der Waals surface area contributed by atoms with Crippen LogP contribution in [0.2, 0.25) is 0 Å². The third-order valence-corrected chi connectivity index (χ3v) is 9.50. The van der Waals surface area contributed by atoms with Gasteiger partial charge in [0.2, 0.25) is 11.8 Å². The molecule has 0 atom stereocenters. The van der Waals surface area contributed by atoms with Crippen molar-refractivity contribution in [3.63, 3.8) is 0 Å². The fourth-order valence-corrected chi connectivity index (χ4v) is 7.23. The van der Waals surface area contributed by atoms with Gasteiger partial charge in [-0.15, -0.1) is 0 Å². The Hall–Kier alpha value is -1.88. The number of fused-ring (bicyclic) bond motifs is 2. The first-order valence-corrected chi connectivity index (χ1v) is 13.9. The van der Waals surface area contributed by atoms with Gasteiger partial charge in [0.1, 0.15) is 0 Å². The van der Waals surface area contributed by atoms with Crippen LogP contribution in [0.15, 0.2) is 24.3 Å². The van der Waals surface area contributed by atoms with Crippen LogP contribution >= 0.6 is 0 Å². The fourth-order valence-electron chi connectivity index (χ4n) is 7.23. The topological polar surface area (TPSA) is 43.9 Å². The summed E-state index contributed by atoms with van der Waals surface area (Å²) in [5.41, 5.74) is 2.19. The molecule has 0 radical (unpaired) electrons. The number of hydrogen-bond donors (Lipinski definition) is 0. The van der Waals surface area contributed by atoms with Gasteiger partial charge in [-0.1, -0.05) is 38.1 Å². The molecule has 3 fully saturated rings. The summed E-state index contributed by atoms with van der Waals surface area (Å²) in [7, 11) is 0. The molecule has 186 valence electrons. The summed E-state index contributed by atoms with van der Waals surface area (Å²) < 4.78 is 0. The van der Waals surface area contributed by atoms with Gasteiger partial charge in [-0.05, 0) is 87.4 Å². The molecule has 0 aromatic heterocycles. The maximum absolute atomic E-state index is 14.0. The number of nitrogens with zero attached hydrogens (tertiary/aromatic N) is 3. The lowest BCUT2D eigenvalue weighted by Crippen LogP contribution is -2.58. The van der Waals surface area contributed by atoms with E-state index in [1.807, 2.05) is 4.90 Å². The predicted molar refractivity (Wildman–Crippen MR) is 135 cm³/mol. The lowest BCUT2D eigenvalue weighted by Gasteiger charge is -2.49. The normalized spacial score (nSPS) is 28.0. The molecular weight excluding hydrogens is 422 g/mol. The van der Waals surface area contributed by atoms with Crippen LogP contribution in [0.4, 0.5) is 0 Å². The third-order valence-electron chi connectivity index (χ3n) is 9.50. The molecule has 1 aliphatic carbocycles. The van der Waals surface area contributed by atoms with Crippen molar-refractivity contribution in [2.24, 2.45) is 11.8 Å². The van der Waals surface area contributed by atoms with E-state index in [0.717, 1.165) is 57.2 Å². The molecule has 34 heavy (non-hydrogen) atoms. The van der Waals surface area contributed by atoms with Crippen molar-refractivity contribution in [3.05, 3.63) is 35.4 Å². The lowest BCUT2D eigenvalue weighted by molar-refractivity contribution is -0.144. The van der Waals surface area contributed by atoms with Crippen LogP contribution in [-0.4, -0.2) is 65.3 Å².